The van der Waals surface area contributed by atoms with Crippen molar-refractivity contribution in [3.8, 4) is 0 Å². The Kier molecular flexibility index (Phi) is 5.20. The van der Waals surface area contributed by atoms with Crippen LogP contribution in [0.15, 0.2) is 0 Å². The molecule has 1 atom stereocenters. The van der Waals surface area contributed by atoms with Gasteiger partial charge in [-0.3, -0.25) is 0 Å². The lowest BCUT2D eigenvalue weighted by Gasteiger charge is -2.28. The second kappa shape index (κ2) is 6.91. The van der Waals surface area contributed by atoms with Crippen LogP contribution in [-0.4, -0.2) is 48.2 Å². The third-order valence-electron chi connectivity index (χ3n) is 3.87. The molecule has 118 valence electrons. The van der Waals surface area contributed by atoms with E-state index in [2.05, 4.69) is 45.9 Å². The Bertz CT molecular complexity index is 459. The van der Waals surface area contributed by atoms with Crippen LogP contribution in [0, 0.1) is 5.92 Å². The number of hydrogen-bond donors (Lipinski definition) is 1. The molecule has 0 radical (unpaired) electrons. The third kappa shape index (κ3) is 3.74. The van der Waals surface area contributed by atoms with Gasteiger partial charge < -0.3 is 15.1 Å². The van der Waals surface area contributed by atoms with Gasteiger partial charge in [-0.2, -0.15) is 15.0 Å². The Labute approximate surface area is 128 Å². The highest BCUT2D eigenvalue weighted by Crippen LogP contribution is 2.28. The Morgan fingerprint density at radius 1 is 1.29 bits per heavy atom. The van der Waals surface area contributed by atoms with E-state index in [0.717, 1.165) is 25.5 Å². The molecule has 1 aliphatic rings. The summed E-state index contributed by atoms with van der Waals surface area (Å²) in [7, 11) is 3.93. The lowest BCUT2D eigenvalue weighted by atomic mass is 10.0. The van der Waals surface area contributed by atoms with E-state index in [4.69, 9.17) is 0 Å². The van der Waals surface area contributed by atoms with Crippen LogP contribution >= 0.6 is 0 Å². The highest BCUT2D eigenvalue weighted by molar-refractivity contribution is 5.45. The van der Waals surface area contributed by atoms with Crippen LogP contribution in [0.5, 0.6) is 0 Å². The molecule has 1 unspecified atom stereocenters. The molecule has 2 heterocycles. The van der Waals surface area contributed by atoms with Crippen molar-refractivity contribution in [3.63, 3.8) is 0 Å². The zero-order valence-electron chi connectivity index (χ0n) is 13.9. The largest absolute Gasteiger partial charge is 0.354 e. The molecule has 0 bridgehead atoms. The first-order valence-corrected chi connectivity index (χ1v) is 7.96. The molecule has 0 aliphatic carbocycles. The van der Waals surface area contributed by atoms with Gasteiger partial charge in [-0.1, -0.05) is 20.8 Å². The standard InChI is InChI=1S/C15H28N6/c1-6-9-16-13-17-14(20(4)5)19-15(18-13)21-10-7-8-12(21)11(2)3/h11-12H,6-10H2,1-5H3,(H,16,17,18,19). The molecule has 1 aromatic rings. The van der Waals surface area contributed by atoms with Crippen molar-refractivity contribution in [1.82, 2.24) is 15.0 Å². The number of aromatic nitrogens is 3. The van der Waals surface area contributed by atoms with Crippen LogP contribution in [-0.2, 0) is 0 Å². The van der Waals surface area contributed by atoms with Gasteiger partial charge in [0, 0.05) is 33.2 Å². The molecule has 1 saturated heterocycles. The molecule has 0 spiro atoms. The minimum absolute atomic E-state index is 0.529. The van der Waals surface area contributed by atoms with Gasteiger partial charge in [0.05, 0.1) is 0 Å². The van der Waals surface area contributed by atoms with Crippen LogP contribution in [0.2, 0.25) is 0 Å². The molecule has 6 heteroatoms. The van der Waals surface area contributed by atoms with Gasteiger partial charge in [0.15, 0.2) is 0 Å². The van der Waals surface area contributed by atoms with E-state index in [9.17, 15) is 0 Å². The number of rotatable bonds is 6. The quantitative estimate of drug-likeness (QED) is 0.869. The summed E-state index contributed by atoms with van der Waals surface area (Å²) in [5.74, 6) is 2.82. The first-order valence-electron chi connectivity index (χ1n) is 7.96. The predicted molar refractivity (Wildman–Crippen MR) is 88.1 cm³/mol. The topological polar surface area (TPSA) is 57.2 Å². The van der Waals surface area contributed by atoms with Gasteiger partial charge >= 0.3 is 0 Å². The van der Waals surface area contributed by atoms with Crippen molar-refractivity contribution in [1.29, 1.82) is 0 Å². The average Bonchev–Trinajstić information content (AvgIpc) is 2.94. The molecular weight excluding hydrogens is 264 g/mol. The molecule has 2 rings (SSSR count). The van der Waals surface area contributed by atoms with E-state index in [1.165, 1.54) is 12.8 Å². The van der Waals surface area contributed by atoms with Crippen LogP contribution in [0.4, 0.5) is 17.8 Å². The van der Waals surface area contributed by atoms with Crippen LogP contribution in [0.1, 0.15) is 40.0 Å². The molecule has 21 heavy (non-hydrogen) atoms. The Morgan fingerprint density at radius 2 is 2.05 bits per heavy atom. The summed E-state index contributed by atoms with van der Waals surface area (Å²) in [5, 5.41) is 3.28. The molecule has 1 aromatic heterocycles. The summed E-state index contributed by atoms with van der Waals surface area (Å²) in [6, 6.07) is 0.529. The molecule has 0 amide bonds. The Balaban J connectivity index is 2.30. The fraction of sp³-hybridized carbons (Fsp3) is 0.800. The van der Waals surface area contributed by atoms with Crippen molar-refractivity contribution in [3.05, 3.63) is 0 Å². The van der Waals surface area contributed by atoms with Crippen molar-refractivity contribution in [2.24, 2.45) is 5.92 Å². The van der Waals surface area contributed by atoms with Gasteiger partial charge in [-0.25, -0.2) is 0 Å². The molecule has 1 aliphatic heterocycles. The van der Waals surface area contributed by atoms with Gasteiger partial charge in [0.2, 0.25) is 17.8 Å². The smallest absolute Gasteiger partial charge is 0.232 e. The third-order valence-corrected chi connectivity index (χ3v) is 3.87. The van der Waals surface area contributed by atoms with Gasteiger partial charge in [-0.15, -0.1) is 0 Å². The maximum Gasteiger partial charge on any atom is 0.232 e. The normalized spacial score (nSPS) is 18.4. The van der Waals surface area contributed by atoms with Gasteiger partial charge in [0.25, 0.3) is 0 Å². The predicted octanol–water partition coefficient (Wildman–Crippen LogP) is 2.38. The molecule has 0 aromatic carbocycles. The molecule has 6 nitrogen and oxygen atoms in total. The van der Waals surface area contributed by atoms with E-state index in [-0.39, 0.29) is 0 Å². The van der Waals surface area contributed by atoms with Crippen LogP contribution in [0.25, 0.3) is 0 Å². The summed E-state index contributed by atoms with van der Waals surface area (Å²) < 4.78 is 0. The summed E-state index contributed by atoms with van der Waals surface area (Å²) in [6.45, 7) is 8.59. The molecular formula is C15H28N6. The SMILES string of the molecule is CCCNc1nc(N(C)C)nc(N2CCCC2C(C)C)n1. The first kappa shape index (κ1) is 15.8. The summed E-state index contributed by atoms with van der Waals surface area (Å²) in [4.78, 5) is 18.0. The molecule has 1 N–H and O–H groups in total. The van der Waals surface area contributed by atoms with E-state index in [1.54, 1.807) is 0 Å². The van der Waals surface area contributed by atoms with Gasteiger partial charge in [0.1, 0.15) is 0 Å². The van der Waals surface area contributed by atoms with Crippen molar-refractivity contribution in [2.75, 3.05) is 42.3 Å². The van der Waals surface area contributed by atoms with E-state index in [1.807, 2.05) is 19.0 Å². The van der Waals surface area contributed by atoms with E-state index in [0.29, 0.717) is 23.9 Å². The fourth-order valence-electron chi connectivity index (χ4n) is 2.73. The number of nitrogens with one attached hydrogen (secondary N) is 1. The molecule has 1 fully saturated rings. The number of nitrogens with zero attached hydrogens (tertiary/aromatic N) is 5. The highest BCUT2D eigenvalue weighted by Gasteiger charge is 2.29. The minimum Gasteiger partial charge on any atom is -0.354 e. The fourth-order valence-corrected chi connectivity index (χ4v) is 2.73. The first-order chi connectivity index (χ1) is 10.0. The lowest BCUT2D eigenvalue weighted by molar-refractivity contribution is 0.486. The Hall–Kier alpha value is -1.59. The van der Waals surface area contributed by atoms with Crippen molar-refractivity contribution >= 4 is 17.8 Å². The highest BCUT2D eigenvalue weighted by atomic mass is 15.4. The maximum atomic E-state index is 4.65. The molecule has 0 saturated carbocycles. The maximum absolute atomic E-state index is 4.65. The van der Waals surface area contributed by atoms with E-state index < -0.39 is 0 Å². The van der Waals surface area contributed by atoms with Crippen molar-refractivity contribution < 1.29 is 0 Å². The zero-order valence-corrected chi connectivity index (χ0v) is 13.9. The second-order valence-electron chi connectivity index (χ2n) is 6.23. The zero-order chi connectivity index (χ0) is 15.4. The number of hydrogen-bond acceptors (Lipinski definition) is 6. The van der Waals surface area contributed by atoms with E-state index >= 15 is 0 Å². The number of anilines is 3. The van der Waals surface area contributed by atoms with Crippen molar-refractivity contribution in [2.45, 2.75) is 46.1 Å². The minimum atomic E-state index is 0.529. The average molecular weight is 292 g/mol. The van der Waals surface area contributed by atoms with Gasteiger partial charge in [-0.05, 0) is 25.2 Å². The lowest BCUT2D eigenvalue weighted by Crippen LogP contribution is -2.35. The summed E-state index contributed by atoms with van der Waals surface area (Å²) >= 11 is 0. The monoisotopic (exact) mass is 292 g/mol. The summed E-state index contributed by atoms with van der Waals surface area (Å²) in [5.41, 5.74) is 0. The van der Waals surface area contributed by atoms with Crippen LogP contribution in [0.3, 0.4) is 0 Å². The summed E-state index contributed by atoms with van der Waals surface area (Å²) in [6.07, 6.45) is 3.48. The Morgan fingerprint density at radius 3 is 2.67 bits per heavy atom. The second-order valence-corrected chi connectivity index (χ2v) is 6.23. The van der Waals surface area contributed by atoms with Crippen LogP contribution < -0.4 is 15.1 Å².